The van der Waals surface area contributed by atoms with Crippen LogP contribution in [0.4, 0.5) is 5.82 Å². The molecule has 1 aliphatic carbocycles. The molecule has 0 saturated heterocycles. The van der Waals surface area contributed by atoms with Gasteiger partial charge in [-0.05, 0) is 42.3 Å². The van der Waals surface area contributed by atoms with E-state index < -0.39 is 10.0 Å². The summed E-state index contributed by atoms with van der Waals surface area (Å²) in [5, 5.41) is 2.02. The van der Waals surface area contributed by atoms with Gasteiger partial charge in [0, 0.05) is 23.2 Å². The Morgan fingerprint density at radius 2 is 2.25 bits per heavy atom. The van der Waals surface area contributed by atoms with Gasteiger partial charge in [-0.25, -0.2) is 18.1 Å². The normalized spacial score (nSPS) is 18.7. The monoisotopic (exact) mass is 309 g/mol. The molecule has 1 aliphatic rings. The number of aromatic nitrogens is 1. The first kappa shape index (κ1) is 13.5. The maximum absolute atomic E-state index is 12.4. The Labute approximate surface area is 121 Å². The van der Waals surface area contributed by atoms with E-state index in [4.69, 9.17) is 5.73 Å². The van der Waals surface area contributed by atoms with Crippen LogP contribution in [0.3, 0.4) is 0 Å². The Morgan fingerprint density at radius 1 is 1.40 bits per heavy atom. The van der Waals surface area contributed by atoms with Gasteiger partial charge in [0.25, 0.3) is 0 Å². The van der Waals surface area contributed by atoms with Crippen LogP contribution < -0.4 is 10.5 Å². The van der Waals surface area contributed by atoms with Crippen molar-refractivity contribution in [1.82, 2.24) is 9.71 Å². The summed E-state index contributed by atoms with van der Waals surface area (Å²) in [5.74, 6) is 0.202. The highest BCUT2D eigenvalue weighted by molar-refractivity contribution is 7.89. The van der Waals surface area contributed by atoms with Crippen LogP contribution in [0.1, 0.15) is 29.3 Å². The summed E-state index contributed by atoms with van der Waals surface area (Å²) in [6.07, 6.45) is 4.26. The maximum atomic E-state index is 12.4. The van der Waals surface area contributed by atoms with E-state index in [-0.39, 0.29) is 16.8 Å². The Kier molecular flexibility index (Phi) is 3.49. The van der Waals surface area contributed by atoms with E-state index in [0.29, 0.717) is 0 Å². The van der Waals surface area contributed by atoms with E-state index >= 15 is 0 Å². The highest BCUT2D eigenvalue weighted by Crippen LogP contribution is 2.34. The SMILES string of the molecule is Nc1cc(S(=O)(=O)NC2CCCc3sccc32)ccn1. The number of aryl methyl sites for hydroxylation is 1. The molecule has 5 nitrogen and oxygen atoms in total. The molecule has 106 valence electrons. The van der Waals surface area contributed by atoms with Gasteiger partial charge in [-0.3, -0.25) is 0 Å². The van der Waals surface area contributed by atoms with Gasteiger partial charge < -0.3 is 5.73 Å². The van der Waals surface area contributed by atoms with Crippen LogP contribution in [0.25, 0.3) is 0 Å². The zero-order chi connectivity index (χ0) is 14.2. The molecule has 0 fully saturated rings. The molecule has 0 aromatic carbocycles. The molecule has 2 aromatic rings. The van der Waals surface area contributed by atoms with E-state index in [0.717, 1.165) is 24.8 Å². The lowest BCUT2D eigenvalue weighted by Gasteiger charge is -2.23. The van der Waals surface area contributed by atoms with E-state index in [2.05, 4.69) is 9.71 Å². The Bertz CT molecular complexity index is 725. The molecular weight excluding hydrogens is 294 g/mol. The van der Waals surface area contributed by atoms with Gasteiger partial charge in [-0.2, -0.15) is 0 Å². The summed E-state index contributed by atoms with van der Waals surface area (Å²) in [7, 11) is -3.57. The third-order valence-electron chi connectivity index (χ3n) is 3.41. The van der Waals surface area contributed by atoms with Crippen molar-refractivity contribution < 1.29 is 8.42 Å². The van der Waals surface area contributed by atoms with Crippen LogP contribution >= 0.6 is 11.3 Å². The van der Waals surface area contributed by atoms with Gasteiger partial charge >= 0.3 is 0 Å². The minimum Gasteiger partial charge on any atom is -0.384 e. The van der Waals surface area contributed by atoms with Crippen LogP contribution in [-0.4, -0.2) is 13.4 Å². The van der Waals surface area contributed by atoms with Crippen molar-refractivity contribution >= 4 is 27.2 Å². The smallest absolute Gasteiger partial charge is 0.241 e. The fraction of sp³-hybridized carbons (Fsp3) is 0.308. The van der Waals surface area contributed by atoms with Crippen LogP contribution in [-0.2, 0) is 16.4 Å². The van der Waals surface area contributed by atoms with Crippen LogP contribution in [0.15, 0.2) is 34.7 Å². The molecular formula is C13H15N3O2S2. The van der Waals surface area contributed by atoms with Gasteiger partial charge in [0.2, 0.25) is 10.0 Å². The molecule has 0 radical (unpaired) electrons. The average Bonchev–Trinajstić information content (AvgIpc) is 2.88. The predicted octanol–water partition coefficient (Wildman–Crippen LogP) is 2.08. The fourth-order valence-electron chi connectivity index (χ4n) is 2.46. The molecule has 3 N–H and O–H groups in total. The number of anilines is 1. The molecule has 1 atom stereocenters. The lowest BCUT2D eigenvalue weighted by molar-refractivity contribution is 0.511. The predicted molar refractivity (Wildman–Crippen MR) is 79.0 cm³/mol. The first-order valence-electron chi connectivity index (χ1n) is 6.36. The van der Waals surface area contributed by atoms with E-state index in [1.54, 1.807) is 11.3 Å². The van der Waals surface area contributed by atoms with Gasteiger partial charge in [-0.15, -0.1) is 11.3 Å². The molecule has 0 aliphatic heterocycles. The van der Waals surface area contributed by atoms with E-state index in [1.165, 1.54) is 23.2 Å². The van der Waals surface area contributed by atoms with Crippen molar-refractivity contribution in [3.8, 4) is 0 Å². The summed E-state index contributed by atoms with van der Waals surface area (Å²) < 4.78 is 27.6. The number of hydrogen-bond acceptors (Lipinski definition) is 5. The number of hydrogen-bond donors (Lipinski definition) is 2. The fourth-order valence-corrected chi connectivity index (χ4v) is 4.72. The standard InChI is InChI=1S/C13H15N3O2S2/c14-13-8-9(4-6-15-13)20(17,18)16-11-2-1-3-12-10(11)5-7-19-12/h4-8,11,16H,1-3H2,(H2,14,15). The van der Waals surface area contributed by atoms with E-state index in [1.807, 2.05) is 11.4 Å². The molecule has 0 spiro atoms. The van der Waals surface area contributed by atoms with Crippen molar-refractivity contribution in [2.24, 2.45) is 0 Å². The summed E-state index contributed by atoms with van der Waals surface area (Å²) in [4.78, 5) is 5.25. The highest BCUT2D eigenvalue weighted by Gasteiger charge is 2.26. The number of nitrogens with one attached hydrogen (secondary N) is 1. The van der Waals surface area contributed by atoms with Crippen LogP contribution in [0.2, 0.25) is 0 Å². The van der Waals surface area contributed by atoms with Gasteiger partial charge in [0.1, 0.15) is 5.82 Å². The van der Waals surface area contributed by atoms with Crippen molar-refractivity contribution in [3.63, 3.8) is 0 Å². The summed E-state index contributed by atoms with van der Waals surface area (Å²) in [5.41, 5.74) is 6.65. The summed E-state index contributed by atoms with van der Waals surface area (Å²) >= 11 is 1.69. The molecule has 0 saturated carbocycles. The molecule has 2 aromatic heterocycles. The van der Waals surface area contributed by atoms with Gasteiger partial charge in [0.05, 0.1) is 4.90 Å². The molecule has 1 unspecified atom stereocenters. The molecule has 0 bridgehead atoms. The van der Waals surface area contributed by atoms with Gasteiger partial charge in [-0.1, -0.05) is 0 Å². The number of nitrogen functional groups attached to an aromatic ring is 1. The Hall–Kier alpha value is -1.44. The summed E-state index contributed by atoms with van der Waals surface area (Å²) in [6, 6.07) is 4.69. The minimum absolute atomic E-state index is 0.149. The lowest BCUT2D eigenvalue weighted by atomic mass is 9.95. The molecule has 3 rings (SSSR count). The number of rotatable bonds is 3. The zero-order valence-corrected chi connectivity index (χ0v) is 12.4. The van der Waals surface area contributed by atoms with Crippen molar-refractivity contribution in [2.45, 2.75) is 30.2 Å². The van der Waals surface area contributed by atoms with Crippen LogP contribution in [0, 0.1) is 0 Å². The van der Waals surface area contributed by atoms with Crippen molar-refractivity contribution in [3.05, 3.63) is 40.2 Å². The number of nitrogens with zero attached hydrogens (tertiary/aromatic N) is 1. The zero-order valence-electron chi connectivity index (χ0n) is 10.7. The van der Waals surface area contributed by atoms with Gasteiger partial charge in [0.15, 0.2) is 0 Å². The number of nitrogens with two attached hydrogens (primary N) is 1. The Balaban J connectivity index is 1.89. The van der Waals surface area contributed by atoms with E-state index in [9.17, 15) is 8.42 Å². The molecule has 0 amide bonds. The number of fused-ring (bicyclic) bond motifs is 1. The maximum Gasteiger partial charge on any atom is 0.241 e. The third kappa shape index (κ3) is 2.56. The number of thiophene rings is 1. The number of pyridine rings is 1. The second-order valence-electron chi connectivity index (χ2n) is 4.78. The van der Waals surface area contributed by atoms with Crippen LogP contribution in [0.5, 0.6) is 0 Å². The second kappa shape index (κ2) is 5.16. The van der Waals surface area contributed by atoms with Crippen molar-refractivity contribution in [1.29, 1.82) is 0 Å². The largest absolute Gasteiger partial charge is 0.384 e. The third-order valence-corrected chi connectivity index (χ3v) is 5.88. The first-order chi connectivity index (χ1) is 9.56. The average molecular weight is 309 g/mol. The molecule has 20 heavy (non-hydrogen) atoms. The Morgan fingerprint density at radius 3 is 3.05 bits per heavy atom. The molecule has 2 heterocycles. The quantitative estimate of drug-likeness (QED) is 0.909. The molecule has 7 heteroatoms. The number of sulfonamides is 1. The minimum atomic E-state index is -3.57. The lowest BCUT2D eigenvalue weighted by Crippen LogP contribution is -2.30. The first-order valence-corrected chi connectivity index (χ1v) is 8.73. The summed E-state index contributed by atoms with van der Waals surface area (Å²) in [6.45, 7) is 0. The van der Waals surface area contributed by atoms with Crippen molar-refractivity contribution in [2.75, 3.05) is 5.73 Å². The topological polar surface area (TPSA) is 85.1 Å². The highest BCUT2D eigenvalue weighted by atomic mass is 32.2. The second-order valence-corrected chi connectivity index (χ2v) is 7.50.